The Kier molecular flexibility index (Phi) is 52.3. The fourth-order valence-electron chi connectivity index (χ4n) is 8.29. The molecule has 0 heterocycles. The lowest BCUT2D eigenvalue weighted by atomic mass is 10.0. The monoisotopic (exact) mass is 913 g/mol. The third-order valence-electron chi connectivity index (χ3n) is 12.6. The maximum absolute atomic E-state index is 12.8. The summed E-state index contributed by atoms with van der Waals surface area (Å²) < 4.78 is 16.9. The van der Waals surface area contributed by atoms with E-state index in [1.165, 1.54) is 180 Å². The van der Waals surface area contributed by atoms with Crippen LogP contribution in [0.25, 0.3) is 0 Å². The molecule has 1 unspecified atom stereocenters. The van der Waals surface area contributed by atoms with Crippen molar-refractivity contribution in [2.45, 2.75) is 309 Å². The molecular weight excluding hydrogens is 805 g/mol. The standard InChI is InChI=1S/C59H108O6/c1-4-7-10-13-16-19-22-25-27-28-29-30-32-34-37-40-43-46-49-52-58(61)64-55-56(54-63-57(60)51-48-45-42-39-36-33-24-21-18-15-12-9-6-3)65-59(62)53-50-47-44-41-38-35-31-26-23-20-17-14-11-8-5-2/h17,20,25-27,31,56H,4-16,18-19,21-24,28-30,32-55H2,1-3H3/b20-17-,27-25-,31-26-. The molecule has 0 aliphatic rings. The van der Waals surface area contributed by atoms with Gasteiger partial charge in [0.05, 0.1) is 0 Å². The summed E-state index contributed by atoms with van der Waals surface area (Å²) in [6.45, 7) is 6.63. The zero-order valence-electron chi connectivity index (χ0n) is 43.5. The first-order valence-electron chi connectivity index (χ1n) is 28.5. The number of ether oxygens (including phenoxy) is 3. The minimum absolute atomic E-state index is 0.0750. The fourth-order valence-corrected chi connectivity index (χ4v) is 8.29. The minimum atomic E-state index is -0.777. The van der Waals surface area contributed by atoms with Gasteiger partial charge in [-0.15, -0.1) is 0 Å². The molecule has 380 valence electrons. The molecule has 0 fully saturated rings. The summed E-state index contributed by atoms with van der Waals surface area (Å²) in [5.41, 5.74) is 0. The fraction of sp³-hybridized carbons (Fsp3) is 0.847. The minimum Gasteiger partial charge on any atom is -0.462 e. The Labute approximate surface area is 404 Å². The van der Waals surface area contributed by atoms with Crippen LogP contribution in [0.15, 0.2) is 36.5 Å². The average Bonchev–Trinajstić information content (AvgIpc) is 3.30. The zero-order valence-corrected chi connectivity index (χ0v) is 43.5. The van der Waals surface area contributed by atoms with Crippen LogP contribution in [0.4, 0.5) is 0 Å². The van der Waals surface area contributed by atoms with Gasteiger partial charge in [-0.05, 0) is 77.0 Å². The van der Waals surface area contributed by atoms with E-state index < -0.39 is 6.10 Å². The topological polar surface area (TPSA) is 78.9 Å². The molecule has 0 aromatic heterocycles. The lowest BCUT2D eigenvalue weighted by Gasteiger charge is -2.18. The molecule has 0 radical (unpaired) electrons. The van der Waals surface area contributed by atoms with Crippen molar-refractivity contribution in [3.63, 3.8) is 0 Å². The maximum atomic E-state index is 12.8. The summed E-state index contributed by atoms with van der Waals surface area (Å²) in [6.07, 6.45) is 64.1. The van der Waals surface area contributed by atoms with Gasteiger partial charge in [-0.3, -0.25) is 14.4 Å². The van der Waals surface area contributed by atoms with Crippen LogP contribution in [0.1, 0.15) is 303 Å². The Balaban J connectivity index is 4.34. The highest BCUT2D eigenvalue weighted by atomic mass is 16.6. The summed E-state index contributed by atoms with van der Waals surface area (Å²) in [5, 5.41) is 0. The number of carbonyl (C=O) groups is 3. The second kappa shape index (κ2) is 54.2. The molecule has 0 saturated carbocycles. The number of hydrogen-bond acceptors (Lipinski definition) is 6. The summed E-state index contributed by atoms with van der Waals surface area (Å²) in [7, 11) is 0. The predicted molar refractivity (Wildman–Crippen MR) is 279 cm³/mol. The van der Waals surface area contributed by atoms with Gasteiger partial charge in [0, 0.05) is 19.3 Å². The van der Waals surface area contributed by atoms with Crippen LogP contribution in [0, 0.1) is 0 Å². The van der Waals surface area contributed by atoms with E-state index in [9.17, 15) is 14.4 Å². The van der Waals surface area contributed by atoms with E-state index in [4.69, 9.17) is 14.2 Å². The van der Waals surface area contributed by atoms with Crippen LogP contribution in [-0.4, -0.2) is 37.2 Å². The summed E-state index contributed by atoms with van der Waals surface area (Å²) >= 11 is 0. The highest BCUT2D eigenvalue weighted by molar-refractivity contribution is 5.71. The molecule has 0 aliphatic heterocycles. The van der Waals surface area contributed by atoms with Crippen LogP contribution in [0.5, 0.6) is 0 Å². The quantitative estimate of drug-likeness (QED) is 0.0262. The molecule has 6 heteroatoms. The molecule has 0 bridgehead atoms. The number of allylic oxidation sites excluding steroid dienone is 6. The van der Waals surface area contributed by atoms with Gasteiger partial charge in [-0.25, -0.2) is 0 Å². The van der Waals surface area contributed by atoms with Crippen LogP contribution in [0.3, 0.4) is 0 Å². The molecule has 0 spiro atoms. The zero-order chi connectivity index (χ0) is 47.2. The Morgan fingerprint density at radius 2 is 0.554 bits per heavy atom. The van der Waals surface area contributed by atoms with Gasteiger partial charge in [-0.2, -0.15) is 0 Å². The van der Waals surface area contributed by atoms with E-state index in [0.717, 1.165) is 83.5 Å². The Morgan fingerprint density at radius 1 is 0.308 bits per heavy atom. The normalized spacial score (nSPS) is 12.2. The van der Waals surface area contributed by atoms with Gasteiger partial charge in [0.1, 0.15) is 13.2 Å². The Morgan fingerprint density at radius 3 is 0.892 bits per heavy atom. The first-order valence-corrected chi connectivity index (χ1v) is 28.5. The maximum Gasteiger partial charge on any atom is 0.306 e. The first-order chi connectivity index (χ1) is 32.0. The second-order valence-electron chi connectivity index (χ2n) is 19.2. The van der Waals surface area contributed by atoms with Gasteiger partial charge in [0.25, 0.3) is 0 Å². The van der Waals surface area contributed by atoms with E-state index in [2.05, 4.69) is 57.2 Å². The predicted octanol–water partition coefficient (Wildman–Crippen LogP) is 18.9. The number of hydrogen-bond donors (Lipinski definition) is 0. The van der Waals surface area contributed by atoms with Gasteiger partial charge in [0.15, 0.2) is 6.10 Å². The molecule has 0 rings (SSSR count). The molecule has 1 atom stereocenters. The molecular formula is C59H108O6. The SMILES string of the molecule is CCCCC/C=C\C/C=C\CCCCCCCC(=O)OC(COC(=O)CCCCCCCCCCC/C=C\CCCCCCCC)COC(=O)CCCCCCCCCCCCCCC. The van der Waals surface area contributed by atoms with Crippen LogP contribution in [0.2, 0.25) is 0 Å². The van der Waals surface area contributed by atoms with E-state index in [-0.39, 0.29) is 31.1 Å². The summed E-state index contributed by atoms with van der Waals surface area (Å²) in [4.78, 5) is 38.1. The molecule has 0 N–H and O–H groups in total. The van der Waals surface area contributed by atoms with E-state index in [1.807, 2.05) is 0 Å². The molecule has 0 amide bonds. The number of esters is 3. The molecule has 0 aromatic rings. The molecule has 0 aromatic carbocycles. The number of carbonyl (C=O) groups excluding carboxylic acids is 3. The average molecular weight is 914 g/mol. The third kappa shape index (κ3) is 52.5. The van der Waals surface area contributed by atoms with Crippen LogP contribution >= 0.6 is 0 Å². The first kappa shape index (κ1) is 62.6. The van der Waals surface area contributed by atoms with Crippen molar-refractivity contribution < 1.29 is 28.6 Å². The Hall–Kier alpha value is -2.37. The smallest absolute Gasteiger partial charge is 0.306 e. The lowest BCUT2D eigenvalue weighted by molar-refractivity contribution is -0.167. The van der Waals surface area contributed by atoms with Crippen molar-refractivity contribution in [1.82, 2.24) is 0 Å². The number of rotatable bonds is 52. The Bertz CT molecular complexity index is 1090. The van der Waals surface area contributed by atoms with Gasteiger partial charge in [-0.1, -0.05) is 243 Å². The van der Waals surface area contributed by atoms with E-state index in [1.54, 1.807) is 0 Å². The van der Waals surface area contributed by atoms with Crippen molar-refractivity contribution >= 4 is 17.9 Å². The van der Waals surface area contributed by atoms with Crippen molar-refractivity contribution in [1.29, 1.82) is 0 Å². The van der Waals surface area contributed by atoms with Crippen molar-refractivity contribution in [3.8, 4) is 0 Å². The second-order valence-corrected chi connectivity index (χ2v) is 19.2. The van der Waals surface area contributed by atoms with Gasteiger partial charge < -0.3 is 14.2 Å². The van der Waals surface area contributed by atoms with E-state index >= 15 is 0 Å². The lowest BCUT2D eigenvalue weighted by Crippen LogP contribution is -2.30. The highest BCUT2D eigenvalue weighted by Gasteiger charge is 2.19. The summed E-state index contributed by atoms with van der Waals surface area (Å²) in [5.74, 6) is -0.876. The van der Waals surface area contributed by atoms with Crippen molar-refractivity contribution in [3.05, 3.63) is 36.5 Å². The largest absolute Gasteiger partial charge is 0.462 e. The van der Waals surface area contributed by atoms with Crippen LogP contribution < -0.4 is 0 Å². The summed E-state index contributed by atoms with van der Waals surface area (Å²) in [6, 6.07) is 0. The van der Waals surface area contributed by atoms with Crippen LogP contribution in [-0.2, 0) is 28.6 Å². The van der Waals surface area contributed by atoms with Gasteiger partial charge >= 0.3 is 17.9 Å². The molecule has 0 saturated heterocycles. The third-order valence-corrected chi connectivity index (χ3v) is 12.6. The molecule has 65 heavy (non-hydrogen) atoms. The molecule has 0 aliphatic carbocycles. The van der Waals surface area contributed by atoms with Crippen molar-refractivity contribution in [2.24, 2.45) is 0 Å². The number of unbranched alkanes of at least 4 members (excludes halogenated alkanes) is 35. The highest BCUT2D eigenvalue weighted by Crippen LogP contribution is 2.16. The van der Waals surface area contributed by atoms with Crippen molar-refractivity contribution in [2.75, 3.05) is 13.2 Å². The van der Waals surface area contributed by atoms with Gasteiger partial charge in [0.2, 0.25) is 0 Å². The molecule has 6 nitrogen and oxygen atoms in total. The van der Waals surface area contributed by atoms with E-state index in [0.29, 0.717) is 19.3 Å².